The molecule has 0 saturated heterocycles. The Kier molecular flexibility index (Phi) is 4.78. The maximum Gasteiger partial charge on any atom is 0.123 e. The van der Waals surface area contributed by atoms with Gasteiger partial charge >= 0.3 is 0 Å². The van der Waals surface area contributed by atoms with Crippen molar-refractivity contribution in [1.29, 1.82) is 0 Å². The Morgan fingerprint density at radius 1 is 1.25 bits per heavy atom. The number of likely N-dealkylation sites (N-methyl/N-ethyl adjacent to an activating group) is 1. The first-order valence-corrected chi connectivity index (χ1v) is 7.26. The molecule has 2 aromatic rings. The molecule has 0 spiro atoms. The first-order chi connectivity index (χ1) is 9.52. The summed E-state index contributed by atoms with van der Waals surface area (Å²) < 4.78 is 14.4. The summed E-state index contributed by atoms with van der Waals surface area (Å²) in [6.07, 6.45) is 0. The van der Waals surface area contributed by atoms with Crippen molar-refractivity contribution in [2.45, 2.75) is 13.0 Å². The summed E-state index contributed by atoms with van der Waals surface area (Å²) in [5.41, 5.74) is 9.02. The molecule has 2 nitrogen and oxygen atoms in total. The fraction of sp³-hybridized carbons (Fsp3) is 0.250. The van der Waals surface area contributed by atoms with Crippen molar-refractivity contribution in [2.24, 2.45) is 5.73 Å². The van der Waals surface area contributed by atoms with Gasteiger partial charge in [-0.2, -0.15) is 0 Å². The Hall–Kier alpha value is -1.39. The van der Waals surface area contributed by atoms with Crippen LogP contribution in [-0.2, 0) is 0 Å². The SMILES string of the molecule is Cc1cccc(N(C)C(CN)c2cc(F)ccc2Br)c1. The van der Waals surface area contributed by atoms with Crippen LogP contribution in [0.25, 0.3) is 0 Å². The summed E-state index contributed by atoms with van der Waals surface area (Å²) in [5, 5.41) is 0. The number of aryl methyl sites for hydroxylation is 1. The van der Waals surface area contributed by atoms with E-state index in [9.17, 15) is 4.39 Å². The molecule has 0 radical (unpaired) electrons. The molecule has 0 saturated carbocycles. The Labute approximate surface area is 127 Å². The Morgan fingerprint density at radius 3 is 2.65 bits per heavy atom. The maximum atomic E-state index is 13.5. The van der Waals surface area contributed by atoms with E-state index in [1.807, 2.05) is 32.2 Å². The largest absolute Gasteiger partial charge is 0.366 e. The predicted octanol–water partition coefficient (Wildman–Crippen LogP) is 4.03. The molecule has 0 amide bonds. The number of rotatable bonds is 4. The number of benzene rings is 2. The smallest absolute Gasteiger partial charge is 0.123 e. The van der Waals surface area contributed by atoms with Gasteiger partial charge in [-0.1, -0.05) is 28.1 Å². The van der Waals surface area contributed by atoms with E-state index in [0.717, 1.165) is 15.7 Å². The Morgan fingerprint density at radius 2 is 2.00 bits per heavy atom. The first-order valence-electron chi connectivity index (χ1n) is 6.47. The van der Waals surface area contributed by atoms with Crippen LogP contribution in [0.3, 0.4) is 0 Å². The van der Waals surface area contributed by atoms with E-state index in [0.29, 0.717) is 6.54 Å². The number of hydrogen-bond acceptors (Lipinski definition) is 2. The van der Waals surface area contributed by atoms with Gasteiger partial charge in [0.15, 0.2) is 0 Å². The summed E-state index contributed by atoms with van der Waals surface area (Å²) in [7, 11) is 1.98. The van der Waals surface area contributed by atoms with Crippen molar-refractivity contribution in [1.82, 2.24) is 0 Å². The van der Waals surface area contributed by atoms with E-state index in [1.165, 1.54) is 17.7 Å². The van der Waals surface area contributed by atoms with Gasteiger partial charge in [0.2, 0.25) is 0 Å². The van der Waals surface area contributed by atoms with E-state index in [1.54, 1.807) is 6.07 Å². The maximum absolute atomic E-state index is 13.5. The molecule has 2 rings (SSSR count). The van der Waals surface area contributed by atoms with Crippen LogP contribution in [0.1, 0.15) is 17.2 Å². The topological polar surface area (TPSA) is 29.3 Å². The molecular weight excluding hydrogens is 319 g/mol. The van der Waals surface area contributed by atoms with Crippen LogP contribution >= 0.6 is 15.9 Å². The van der Waals surface area contributed by atoms with E-state index in [2.05, 4.69) is 26.9 Å². The third-order valence-electron chi connectivity index (χ3n) is 3.42. The van der Waals surface area contributed by atoms with Crippen LogP contribution in [-0.4, -0.2) is 13.6 Å². The van der Waals surface area contributed by atoms with Gasteiger partial charge in [0.05, 0.1) is 6.04 Å². The van der Waals surface area contributed by atoms with Crippen LogP contribution in [0.2, 0.25) is 0 Å². The average Bonchev–Trinajstić information content (AvgIpc) is 2.43. The minimum absolute atomic E-state index is 0.0816. The van der Waals surface area contributed by atoms with E-state index in [-0.39, 0.29) is 11.9 Å². The molecule has 106 valence electrons. The fourth-order valence-electron chi connectivity index (χ4n) is 2.29. The molecule has 0 bridgehead atoms. The van der Waals surface area contributed by atoms with Crippen molar-refractivity contribution < 1.29 is 4.39 Å². The molecule has 1 unspecified atom stereocenters. The Bertz CT molecular complexity index is 601. The summed E-state index contributed by atoms with van der Waals surface area (Å²) in [6, 6.07) is 12.8. The zero-order valence-corrected chi connectivity index (χ0v) is 13.2. The van der Waals surface area contributed by atoms with Crippen LogP contribution in [0, 0.1) is 12.7 Å². The Balaban J connectivity index is 2.39. The standard InChI is InChI=1S/C16H18BrFN2/c1-11-4-3-5-13(8-11)20(2)16(10-19)14-9-12(18)6-7-15(14)17/h3-9,16H,10,19H2,1-2H3. The molecule has 0 fully saturated rings. The normalized spacial score (nSPS) is 12.2. The monoisotopic (exact) mass is 336 g/mol. The predicted molar refractivity (Wildman–Crippen MR) is 85.5 cm³/mol. The number of nitrogens with two attached hydrogens (primary N) is 1. The molecular formula is C16H18BrFN2. The third-order valence-corrected chi connectivity index (χ3v) is 4.14. The van der Waals surface area contributed by atoms with Gasteiger partial charge in [0.1, 0.15) is 5.82 Å². The zero-order chi connectivity index (χ0) is 14.7. The molecule has 0 aliphatic heterocycles. The molecule has 0 aromatic heterocycles. The molecule has 1 atom stereocenters. The molecule has 20 heavy (non-hydrogen) atoms. The number of halogens is 2. The molecule has 0 heterocycles. The highest BCUT2D eigenvalue weighted by molar-refractivity contribution is 9.10. The van der Waals surface area contributed by atoms with E-state index in [4.69, 9.17) is 5.73 Å². The average molecular weight is 337 g/mol. The van der Waals surface area contributed by atoms with Crippen molar-refractivity contribution in [3.05, 3.63) is 63.9 Å². The van der Waals surface area contributed by atoms with Gasteiger partial charge in [0, 0.05) is 23.8 Å². The number of anilines is 1. The fourth-order valence-corrected chi connectivity index (χ4v) is 2.80. The van der Waals surface area contributed by atoms with Gasteiger partial charge in [-0.15, -0.1) is 0 Å². The van der Waals surface area contributed by atoms with Crippen LogP contribution in [0.4, 0.5) is 10.1 Å². The van der Waals surface area contributed by atoms with Crippen molar-refractivity contribution in [3.63, 3.8) is 0 Å². The third kappa shape index (κ3) is 3.19. The minimum atomic E-state index is -0.251. The molecule has 2 aromatic carbocycles. The summed E-state index contributed by atoms with van der Waals surface area (Å²) in [6.45, 7) is 2.46. The van der Waals surface area contributed by atoms with Crippen LogP contribution in [0.15, 0.2) is 46.9 Å². The van der Waals surface area contributed by atoms with Gasteiger partial charge < -0.3 is 10.6 Å². The minimum Gasteiger partial charge on any atom is -0.366 e. The van der Waals surface area contributed by atoms with E-state index < -0.39 is 0 Å². The second-order valence-electron chi connectivity index (χ2n) is 4.87. The molecule has 0 aliphatic carbocycles. The van der Waals surface area contributed by atoms with Gasteiger partial charge in [-0.3, -0.25) is 0 Å². The lowest BCUT2D eigenvalue weighted by Crippen LogP contribution is -2.30. The van der Waals surface area contributed by atoms with Gasteiger partial charge in [-0.25, -0.2) is 4.39 Å². The second kappa shape index (κ2) is 6.37. The number of hydrogen-bond donors (Lipinski definition) is 1. The quantitative estimate of drug-likeness (QED) is 0.913. The lowest BCUT2D eigenvalue weighted by molar-refractivity contribution is 0.614. The lowest BCUT2D eigenvalue weighted by Gasteiger charge is -2.30. The molecule has 4 heteroatoms. The molecule has 2 N–H and O–H groups in total. The van der Waals surface area contributed by atoms with E-state index >= 15 is 0 Å². The highest BCUT2D eigenvalue weighted by atomic mass is 79.9. The van der Waals surface area contributed by atoms with Crippen molar-refractivity contribution in [2.75, 3.05) is 18.5 Å². The highest BCUT2D eigenvalue weighted by Gasteiger charge is 2.19. The lowest BCUT2D eigenvalue weighted by atomic mass is 10.0. The van der Waals surface area contributed by atoms with Crippen molar-refractivity contribution >= 4 is 21.6 Å². The van der Waals surface area contributed by atoms with Crippen LogP contribution < -0.4 is 10.6 Å². The first kappa shape index (κ1) is 15.0. The highest BCUT2D eigenvalue weighted by Crippen LogP contribution is 2.30. The second-order valence-corrected chi connectivity index (χ2v) is 5.72. The van der Waals surface area contributed by atoms with Gasteiger partial charge in [-0.05, 0) is 48.4 Å². The summed E-state index contributed by atoms with van der Waals surface area (Å²) >= 11 is 3.48. The van der Waals surface area contributed by atoms with Gasteiger partial charge in [0.25, 0.3) is 0 Å². The molecule has 0 aliphatic rings. The zero-order valence-electron chi connectivity index (χ0n) is 11.6. The summed E-state index contributed by atoms with van der Waals surface area (Å²) in [5.74, 6) is -0.251. The van der Waals surface area contributed by atoms with Crippen molar-refractivity contribution in [3.8, 4) is 0 Å². The number of nitrogens with zero attached hydrogens (tertiary/aromatic N) is 1. The summed E-state index contributed by atoms with van der Waals surface area (Å²) in [4.78, 5) is 2.08. The van der Waals surface area contributed by atoms with Crippen LogP contribution in [0.5, 0.6) is 0 Å².